The molecule has 0 unspecified atom stereocenters. The average Bonchev–Trinajstić information content (AvgIpc) is 3.19. The number of nitrogens with zero attached hydrogens (tertiary/aromatic N) is 2. The minimum atomic E-state index is 1.01. The second-order valence-corrected chi connectivity index (χ2v) is 12.9. The number of fused-ring (bicyclic) bond motifs is 5. The van der Waals surface area contributed by atoms with E-state index in [1.54, 1.807) is 0 Å². The van der Waals surface area contributed by atoms with Gasteiger partial charge in [-0.3, -0.25) is 9.97 Å². The van der Waals surface area contributed by atoms with E-state index < -0.39 is 0 Å². The number of hydrogen-bond donors (Lipinski definition) is 0. The summed E-state index contributed by atoms with van der Waals surface area (Å²) >= 11 is 0. The van der Waals surface area contributed by atoms with Crippen LogP contribution in [0.1, 0.15) is 0 Å². The molecule has 0 aliphatic rings. The third-order valence-corrected chi connectivity index (χ3v) is 10.1. The van der Waals surface area contributed by atoms with E-state index in [-0.39, 0.29) is 0 Å². The first-order valence-corrected chi connectivity index (χ1v) is 17.1. The molecular formula is C48H30N2. The van der Waals surface area contributed by atoms with Crippen LogP contribution in [0.15, 0.2) is 182 Å². The Hall–Kier alpha value is -6.64. The summed E-state index contributed by atoms with van der Waals surface area (Å²) < 4.78 is 0. The highest BCUT2D eigenvalue weighted by Crippen LogP contribution is 2.47. The molecule has 0 atom stereocenters. The zero-order valence-corrected chi connectivity index (χ0v) is 27.2. The Morgan fingerprint density at radius 3 is 1.36 bits per heavy atom. The van der Waals surface area contributed by atoms with Gasteiger partial charge in [-0.05, 0) is 83.9 Å². The highest BCUT2D eigenvalue weighted by Gasteiger charge is 2.21. The molecule has 10 rings (SSSR count). The van der Waals surface area contributed by atoms with E-state index in [9.17, 15) is 0 Å². The van der Waals surface area contributed by atoms with Crippen molar-refractivity contribution in [3.8, 4) is 44.5 Å². The maximum atomic E-state index is 5.09. The van der Waals surface area contributed by atoms with Gasteiger partial charge in [0.1, 0.15) is 0 Å². The predicted octanol–water partition coefficient (Wildman–Crippen LogP) is 12.9. The number of aromatic nitrogens is 2. The summed E-state index contributed by atoms with van der Waals surface area (Å²) in [5.41, 5.74) is 11.5. The first-order valence-electron chi connectivity index (χ1n) is 17.1. The van der Waals surface area contributed by atoms with E-state index in [0.717, 1.165) is 32.9 Å². The van der Waals surface area contributed by atoms with Gasteiger partial charge in [0.25, 0.3) is 0 Å². The Balaban J connectivity index is 1.27. The topological polar surface area (TPSA) is 25.8 Å². The number of hydrogen-bond acceptors (Lipinski definition) is 2. The predicted molar refractivity (Wildman–Crippen MR) is 211 cm³/mol. The zero-order valence-electron chi connectivity index (χ0n) is 27.2. The molecule has 8 aromatic carbocycles. The van der Waals surface area contributed by atoms with Crippen LogP contribution in [0, 0.1) is 0 Å². The van der Waals surface area contributed by atoms with Crippen molar-refractivity contribution < 1.29 is 0 Å². The standard InChI is InChI=1S/C48H30N2/c1-2-15-32(16-3-1)45-39-23-8-6-21-37(39)43(41-26-12-28-49-47(41)45)33-18-10-19-34(30-33)44-38-22-7-9-24-40(38)46(48-42(44)27-13-29-50-48)36-25-11-17-31-14-4-5-20-35(31)36/h1-30H. The fraction of sp³-hybridized carbons (Fsp3) is 0. The van der Waals surface area contributed by atoms with Crippen LogP contribution in [-0.4, -0.2) is 9.97 Å². The van der Waals surface area contributed by atoms with Crippen molar-refractivity contribution in [1.82, 2.24) is 9.97 Å². The minimum absolute atomic E-state index is 1.01. The quantitative estimate of drug-likeness (QED) is 0.180. The summed E-state index contributed by atoms with van der Waals surface area (Å²) in [6.07, 6.45) is 3.83. The lowest BCUT2D eigenvalue weighted by molar-refractivity contribution is 1.42. The third-order valence-electron chi connectivity index (χ3n) is 10.1. The molecule has 0 spiro atoms. The second-order valence-electron chi connectivity index (χ2n) is 12.9. The molecule has 10 aromatic rings. The normalized spacial score (nSPS) is 11.6. The van der Waals surface area contributed by atoms with Crippen molar-refractivity contribution in [3.05, 3.63) is 182 Å². The van der Waals surface area contributed by atoms with Crippen LogP contribution < -0.4 is 0 Å². The third kappa shape index (κ3) is 4.36. The Morgan fingerprint density at radius 2 is 0.720 bits per heavy atom. The van der Waals surface area contributed by atoms with Gasteiger partial charge in [0.05, 0.1) is 11.0 Å². The van der Waals surface area contributed by atoms with E-state index >= 15 is 0 Å². The Kier molecular flexibility index (Phi) is 6.53. The molecule has 0 aliphatic carbocycles. The summed E-state index contributed by atoms with van der Waals surface area (Å²) in [4.78, 5) is 10.1. The number of rotatable bonds is 4. The molecule has 0 amide bonds. The van der Waals surface area contributed by atoms with Crippen LogP contribution in [0.2, 0.25) is 0 Å². The molecule has 0 N–H and O–H groups in total. The van der Waals surface area contributed by atoms with Crippen molar-refractivity contribution in [3.63, 3.8) is 0 Å². The lowest BCUT2D eigenvalue weighted by atomic mass is 9.85. The van der Waals surface area contributed by atoms with Gasteiger partial charge in [-0.25, -0.2) is 0 Å². The van der Waals surface area contributed by atoms with Gasteiger partial charge < -0.3 is 0 Å². The smallest absolute Gasteiger partial charge is 0.0793 e. The van der Waals surface area contributed by atoms with Crippen molar-refractivity contribution in [2.75, 3.05) is 0 Å². The molecule has 0 fully saturated rings. The summed E-state index contributed by atoms with van der Waals surface area (Å²) in [5, 5.41) is 9.56. The molecule has 0 aliphatic heterocycles. The largest absolute Gasteiger partial charge is 0.256 e. The van der Waals surface area contributed by atoms with Crippen molar-refractivity contribution in [2.45, 2.75) is 0 Å². The van der Waals surface area contributed by atoms with Gasteiger partial charge in [0, 0.05) is 34.3 Å². The van der Waals surface area contributed by atoms with Gasteiger partial charge in [0.15, 0.2) is 0 Å². The number of pyridine rings is 2. The zero-order chi connectivity index (χ0) is 33.0. The summed E-state index contributed by atoms with van der Waals surface area (Å²) in [7, 11) is 0. The Morgan fingerprint density at radius 1 is 0.280 bits per heavy atom. The first kappa shape index (κ1) is 28.4. The van der Waals surface area contributed by atoms with E-state index in [2.05, 4.69) is 170 Å². The van der Waals surface area contributed by atoms with Crippen molar-refractivity contribution in [2.24, 2.45) is 0 Å². The fourth-order valence-electron chi connectivity index (χ4n) is 8.06. The molecule has 0 bridgehead atoms. The molecule has 2 aromatic heterocycles. The van der Waals surface area contributed by atoms with Crippen molar-refractivity contribution >= 4 is 54.1 Å². The monoisotopic (exact) mass is 634 g/mol. The summed E-state index contributed by atoms with van der Waals surface area (Å²) in [6, 6.07) is 61.1. The summed E-state index contributed by atoms with van der Waals surface area (Å²) in [6.45, 7) is 0. The van der Waals surface area contributed by atoms with Crippen LogP contribution in [0.25, 0.3) is 98.6 Å². The Labute approximate surface area is 290 Å². The highest BCUT2D eigenvalue weighted by atomic mass is 14.7. The molecule has 232 valence electrons. The minimum Gasteiger partial charge on any atom is -0.256 e. The summed E-state index contributed by atoms with van der Waals surface area (Å²) in [5.74, 6) is 0. The van der Waals surface area contributed by atoms with Gasteiger partial charge in [-0.1, -0.05) is 152 Å². The molecule has 0 radical (unpaired) electrons. The van der Waals surface area contributed by atoms with Crippen LogP contribution in [-0.2, 0) is 0 Å². The number of benzene rings is 8. The molecule has 50 heavy (non-hydrogen) atoms. The van der Waals surface area contributed by atoms with Gasteiger partial charge in [-0.2, -0.15) is 0 Å². The lowest BCUT2D eigenvalue weighted by Crippen LogP contribution is -1.94. The first-order chi connectivity index (χ1) is 24.8. The molecule has 2 heteroatoms. The van der Waals surface area contributed by atoms with Crippen LogP contribution >= 0.6 is 0 Å². The van der Waals surface area contributed by atoms with Crippen LogP contribution in [0.3, 0.4) is 0 Å². The lowest BCUT2D eigenvalue weighted by Gasteiger charge is -2.19. The maximum absolute atomic E-state index is 5.09. The molecular weight excluding hydrogens is 605 g/mol. The van der Waals surface area contributed by atoms with E-state index in [4.69, 9.17) is 9.97 Å². The van der Waals surface area contributed by atoms with Gasteiger partial charge >= 0.3 is 0 Å². The molecule has 0 saturated heterocycles. The van der Waals surface area contributed by atoms with Crippen LogP contribution in [0.5, 0.6) is 0 Å². The highest BCUT2D eigenvalue weighted by molar-refractivity contribution is 6.23. The average molecular weight is 635 g/mol. The van der Waals surface area contributed by atoms with Crippen LogP contribution in [0.4, 0.5) is 0 Å². The molecule has 2 nitrogen and oxygen atoms in total. The van der Waals surface area contributed by atoms with Gasteiger partial charge in [0.2, 0.25) is 0 Å². The molecule has 2 heterocycles. The fourth-order valence-corrected chi connectivity index (χ4v) is 8.06. The van der Waals surface area contributed by atoms with E-state index in [1.165, 1.54) is 65.7 Å². The maximum Gasteiger partial charge on any atom is 0.0793 e. The second kappa shape index (κ2) is 11.5. The van der Waals surface area contributed by atoms with E-state index in [1.807, 2.05) is 12.4 Å². The molecule has 0 saturated carbocycles. The SMILES string of the molecule is c1ccc(-c2c3ccccc3c(-c3cccc(-c4c5ccccc5c(-c5cccc6ccccc56)c5ncccc45)c3)c3cccnc23)cc1. The van der Waals surface area contributed by atoms with Crippen molar-refractivity contribution in [1.29, 1.82) is 0 Å². The Bertz CT molecular complexity index is 2810. The van der Waals surface area contributed by atoms with E-state index in [0.29, 0.717) is 0 Å². The van der Waals surface area contributed by atoms with Gasteiger partial charge in [-0.15, -0.1) is 0 Å².